The molecule has 0 spiro atoms. The van der Waals surface area contributed by atoms with Gasteiger partial charge in [-0.15, -0.1) is 0 Å². The van der Waals surface area contributed by atoms with Crippen molar-refractivity contribution in [3.05, 3.63) is 0 Å². The number of amides is 1. The molecule has 0 saturated heterocycles. The van der Waals surface area contributed by atoms with Crippen molar-refractivity contribution in [1.82, 2.24) is 5.32 Å². The minimum atomic E-state index is -0.767. The number of hydrogen-bond acceptors (Lipinski definition) is 2. The van der Waals surface area contributed by atoms with Gasteiger partial charge >= 0.3 is 0 Å². The van der Waals surface area contributed by atoms with Crippen molar-refractivity contribution in [3.63, 3.8) is 0 Å². The number of carbonyl (C=O) groups is 1. The molecule has 0 aromatic carbocycles. The highest BCUT2D eigenvalue weighted by atomic mass is 16.2. The maximum Gasteiger partial charge on any atom is 0.239 e. The maximum atomic E-state index is 12.1. The quantitative estimate of drug-likeness (QED) is 0.822. The van der Waals surface area contributed by atoms with Crippen LogP contribution in [-0.2, 0) is 4.79 Å². The minimum absolute atomic E-state index is 0.00394. The first kappa shape index (κ1) is 13.4. The fourth-order valence-corrected chi connectivity index (χ4v) is 5.24. The molecule has 19 heavy (non-hydrogen) atoms. The second-order valence-electron chi connectivity index (χ2n) is 8.20. The number of hydrogen-bond donors (Lipinski definition) is 2. The lowest BCUT2D eigenvalue weighted by Gasteiger charge is -2.59. The summed E-state index contributed by atoms with van der Waals surface area (Å²) >= 11 is 0. The van der Waals surface area contributed by atoms with Crippen LogP contribution in [-0.4, -0.2) is 17.5 Å². The Labute approximate surface area is 116 Å². The molecule has 4 aliphatic carbocycles. The fourth-order valence-electron chi connectivity index (χ4n) is 5.24. The van der Waals surface area contributed by atoms with E-state index in [-0.39, 0.29) is 11.9 Å². The molecule has 4 fully saturated rings. The predicted molar refractivity (Wildman–Crippen MR) is 76.5 cm³/mol. The van der Waals surface area contributed by atoms with Crippen LogP contribution < -0.4 is 11.1 Å². The van der Waals surface area contributed by atoms with Crippen LogP contribution >= 0.6 is 0 Å². The van der Waals surface area contributed by atoms with Gasteiger partial charge in [-0.25, -0.2) is 0 Å². The first-order valence-electron chi connectivity index (χ1n) is 7.88. The van der Waals surface area contributed by atoms with Gasteiger partial charge in [0.15, 0.2) is 0 Å². The molecule has 4 saturated carbocycles. The molecule has 4 bridgehead atoms. The van der Waals surface area contributed by atoms with E-state index in [2.05, 4.69) is 12.2 Å². The van der Waals surface area contributed by atoms with E-state index in [1.807, 2.05) is 0 Å². The molecule has 4 aliphatic rings. The van der Waals surface area contributed by atoms with E-state index in [0.717, 1.165) is 17.8 Å². The molecule has 1 amide bonds. The number of nitrogens with two attached hydrogens (primary N) is 1. The Bertz CT molecular complexity index is 347. The van der Waals surface area contributed by atoms with Gasteiger partial charge in [0.25, 0.3) is 0 Å². The highest BCUT2D eigenvalue weighted by Crippen LogP contribution is 2.61. The lowest BCUT2D eigenvalue weighted by Crippen LogP contribution is -2.59. The number of carbonyl (C=O) groups excluding carboxylic acids is 1. The summed E-state index contributed by atoms with van der Waals surface area (Å²) in [5.41, 5.74) is 5.51. The monoisotopic (exact) mass is 264 g/mol. The average Bonchev–Trinajstić information content (AvgIpc) is 2.25. The average molecular weight is 264 g/mol. The lowest BCUT2D eigenvalue weighted by molar-refractivity contribution is -0.129. The normalized spacial score (nSPS) is 42.2. The van der Waals surface area contributed by atoms with Crippen molar-refractivity contribution in [2.45, 2.75) is 70.9 Å². The first-order valence-corrected chi connectivity index (χ1v) is 7.88. The van der Waals surface area contributed by atoms with Crippen molar-refractivity contribution in [3.8, 4) is 0 Å². The van der Waals surface area contributed by atoms with Gasteiger partial charge in [0.1, 0.15) is 0 Å². The summed E-state index contributed by atoms with van der Waals surface area (Å²) in [6.07, 6.45) is 8.31. The number of rotatable bonds is 3. The smallest absolute Gasteiger partial charge is 0.239 e. The number of nitrogens with one attached hydrogen (secondary N) is 1. The van der Waals surface area contributed by atoms with E-state index in [9.17, 15) is 4.79 Å². The topological polar surface area (TPSA) is 55.1 Å². The Hall–Kier alpha value is -0.570. The van der Waals surface area contributed by atoms with Gasteiger partial charge in [0, 0.05) is 6.04 Å². The minimum Gasteiger partial charge on any atom is -0.352 e. The van der Waals surface area contributed by atoms with Crippen LogP contribution in [0.15, 0.2) is 0 Å². The summed E-state index contributed by atoms with van der Waals surface area (Å²) in [6.45, 7) is 5.78. The van der Waals surface area contributed by atoms with E-state index < -0.39 is 5.54 Å². The molecule has 108 valence electrons. The van der Waals surface area contributed by atoms with Gasteiger partial charge in [-0.2, -0.15) is 0 Å². The third kappa shape index (κ3) is 2.31. The van der Waals surface area contributed by atoms with Gasteiger partial charge in [0.2, 0.25) is 5.91 Å². The SMILES string of the molecule is CC(NC(=O)C(C)(C)N)C12CC3CC(CC(C3)C1)C2. The maximum absolute atomic E-state index is 12.1. The molecule has 0 aromatic heterocycles. The van der Waals surface area contributed by atoms with Crippen molar-refractivity contribution < 1.29 is 4.79 Å². The van der Waals surface area contributed by atoms with E-state index in [1.165, 1.54) is 38.5 Å². The summed E-state index contributed by atoms with van der Waals surface area (Å²) in [7, 11) is 0. The van der Waals surface area contributed by atoms with Crippen LogP contribution in [0.2, 0.25) is 0 Å². The Morgan fingerprint density at radius 3 is 1.95 bits per heavy atom. The van der Waals surface area contributed by atoms with Crippen LogP contribution in [0.4, 0.5) is 0 Å². The molecule has 0 radical (unpaired) electrons. The Morgan fingerprint density at radius 2 is 1.58 bits per heavy atom. The third-order valence-corrected chi connectivity index (χ3v) is 5.94. The molecule has 4 rings (SSSR count). The largest absolute Gasteiger partial charge is 0.352 e. The van der Waals surface area contributed by atoms with Crippen LogP contribution in [0.5, 0.6) is 0 Å². The zero-order valence-electron chi connectivity index (χ0n) is 12.5. The van der Waals surface area contributed by atoms with Crippen LogP contribution in [0.3, 0.4) is 0 Å². The summed E-state index contributed by atoms with van der Waals surface area (Å²) < 4.78 is 0. The highest BCUT2D eigenvalue weighted by Gasteiger charge is 2.53. The van der Waals surface area contributed by atoms with Gasteiger partial charge in [-0.05, 0) is 82.5 Å². The van der Waals surface area contributed by atoms with E-state index in [1.54, 1.807) is 13.8 Å². The zero-order valence-corrected chi connectivity index (χ0v) is 12.5. The van der Waals surface area contributed by atoms with Crippen molar-refractivity contribution in [2.75, 3.05) is 0 Å². The zero-order chi connectivity index (χ0) is 13.8. The van der Waals surface area contributed by atoms with Crippen molar-refractivity contribution in [1.29, 1.82) is 0 Å². The van der Waals surface area contributed by atoms with E-state index in [0.29, 0.717) is 5.41 Å². The second kappa shape index (κ2) is 4.21. The predicted octanol–water partition coefficient (Wildman–Crippen LogP) is 2.44. The Balaban J connectivity index is 1.73. The van der Waals surface area contributed by atoms with Gasteiger partial charge in [0.05, 0.1) is 5.54 Å². The molecule has 3 heteroatoms. The van der Waals surface area contributed by atoms with Crippen molar-refractivity contribution in [2.24, 2.45) is 28.9 Å². The summed E-state index contributed by atoms with van der Waals surface area (Å²) in [5.74, 6) is 2.78. The molecule has 3 N–H and O–H groups in total. The van der Waals surface area contributed by atoms with Crippen LogP contribution in [0, 0.1) is 23.2 Å². The van der Waals surface area contributed by atoms with Gasteiger partial charge < -0.3 is 11.1 Å². The summed E-state index contributed by atoms with van der Waals surface area (Å²) in [5, 5.41) is 3.21. The molecule has 0 aromatic rings. The van der Waals surface area contributed by atoms with Crippen LogP contribution in [0.25, 0.3) is 0 Å². The lowest BCUT2D eigenvalue weighted by atomic mass is 9.48. The molecular weight excluding hydrogens is 236 g/mol. The molecule has 1 atom stereocenters. The summed E-state index contributed by atoms with van der Waals surface area (Å²) in [4.78, 5) is 12.1. The standard InChI is InChI=1S/C16H28N2O/c1-10(18-14(19)15(2,3)17)16-7-11-4-12(8-16)6-13(5-11)9-16/h10-13H,4-9,17H2,1-3H3,(H,18,19). The highest BCUT2D eigenvalue weighted by molar-refractivity contribution is 5.85. The Kier molecular flexibility index (Phi) is 2.97. The fraction of sp³-hybridized carbons (Fsp3) is 0.938. The van der Waals surface area contributed by atoms with Crippen molar-refractivity contribution >= 4 is 5.91 Å². The Morgan fingerprint density at radius 1 is 1.16 bits per heavy atom. The van der Waals surface area contributed by atoms with Gasteiger partial charge in [-0.1, -0.05) is 0 Å². The molecule has 0 heterocycles. The molecule has 0 aliphatic heterocycles. The molecular formula is C16H28N2O. The molecule has 1 unspecified atom stereocenters. The summed E-state index contributed by atoms with van der Waals surface area (Å²) in [6, 6.07) is 0.274. The molecule has 3 nitrogen and oxygen atoms in total. The third-order valence-electron chi connectivity index (χ3n) is 5.94. The van der Waals surface area contributed by atoms with Gasteiger partial charge in [-0.3, -0.25) is 4.79 Å². The van der Waals surface area contributed by atoms with E-state index >= 15 is 0 Å². The van der Waals surface area contributed by atoms with E-state index in [4.69, 9.17) is 5.73 Å². The first-order chi connectivity index (χ1) is 8.78. The second-order valence-corrected chi connectivity index (χ2v) is 8.20. The van der Waals surface area contributed by atoms with Crippen LogP contribution in [0.1, 0.15) is 59.3 Å².